The Labute approximate surface area is 206 Å². The largest absolute Gasteiger partial charge is 0.490 e. The summed E-state index contributed by atoms with van der Waals surface area (Å²) in [6, 6.07) is 20.3. The number of hydrogen-bond donors (Lipinski definition) is 1. The summed E-state index contributed by atoms with van der Waals surface area (Å²) in [5, 5.41) is 4.46. The second-order valence-corrected chi connectivity index (χ2v) is 8.86. The van der Waals surface area contributed by atoms with E-state index in [2.05, 4.69) is 10.3 Å². The lowest BCUT2D eigenvalue weighted by atomic mass is 10.2. The topological polar surface area (TPSA) is 59.9 Å². The third kappa shape index (κ3) is 6.11. The Hall–Kier alpha value is -2.93. The summed E-state index contributed by atoms with van der Waals surface area (Å²) >= 11 is 13.4. The van der Waals surface area contributed by atoms with E-state index in [1.807, 2.05) is 61.5 Å². The maximum absolute atomic E-state index is 12.4. The fraction of sp³-hybridized carbons (Fsp3) is 0.120. The second-order valence-electron chi connectivity index (χ2n) is 6.99. The minimum atomic E-state index is -0.216. The first-order chi connectivity index (χ1) is 16.0. The number of carbonyl (C=O) groups excluding carboxylic acids is 1. The molecular formula is C25H20Cl2N2O3S. The number of nitrogens with one attached hydrogen (secondary N) is 1. The molecule has 3 aromatic carbocycles. The van der Waals surface area contributed by atoms with Crippen LogP contribution in [0.2, 0.25) is 10.0 Å². The predicted molar refractivity (Wildman–Crippen MR) is 136 cm³/mol. The molecule has 1 heterocycles. The Morgan fingerprint density at radius 3 is 2.55 bits per heavy atom. The van der Waals surface area contributed by atoms with Crippen molar-refractivity contribution in [3.05, 3.63) is 92.8 Å². The highest BCUT2D eigenvalue weighted by atomic mass is 35.5. The molecule has 33 heavy (non-hydrogen) atoms. The van der Waals surface area contributed by atoms with Gasteiger partial charge in [-0.2, -0.15) is 0 Å². The monoisotopic (exact) mass is 498 g/mol. The number of thioether (sulfide) groups is 1. The van der Waals surface area contributed by atoms with Crippen LogP contribution in [0.3, 0.4) is 0 Å². The Balaban J connectivity index is 1.51. The van der Waals surface area contributed by atoms with Crippen molar-refractivity contribution in [3.8, 4) is 11.5 Å². The first-order valence-electron chi connectivity index (χ1n) is 10.2. The number of para-hydroxylation sites is 1. The van der Waals surface area contributed by atoms with Crippen LogP contribution in [-0.4, -0.2) is 17.7 Å². The molecule has 1 saturated heterocycles. The Morgan fingerprint density at radius 1 is 1.00 bits per heavy atom. The number of benzene rings is 3. The van der Waals surface area contributed by atoms with Crippen LogP contribution in [-0.2, 0) is 11.4 Å². The van der Waals surface area contributed by atoms with E-state index in [1.165, 1.54) is 11.8 Å². The first kappa shape index (κ1) is 23.2. The van der Waals surface area contributed by atoms with Crippen LogP contribution < -0.4 is 14.8 Å². The minimum absolute atomic E-state index is 0.216. The molecule has 1 amide bonds. The fourth-order valence-electron chi connectivity index (χ4n) is 3.03. The van der Waals surface area contributed by atoms with Gasteiger partial charge in [0.25, 0.3) is 5.91 Å². The average Bonchev–Trinajstić information content (AvgIpc) is 3.14. The van der Waals surface area contributed by atoms with E-state index in [9.17, 15) is 4.79 Å². The summed E-state index contributed by atoms with van der Waals surface area (Å²) in [7, 11) is 0. The molecule has 0 unspecified atom stereocenters. The number of hydrogen-bond acceptors (Lipinski definition) is 5. The summed E-state index contributed by atoms with van der Waals surface area (Å²) in [6.07, 6.45) is 1.79. The van der Waals surface area contributed by atoms with E-state index in [0.717, 1.165) is 11.1 Å². The first-order valence-corrected chi connectivity index (χ1v) is 11.8. The summed E-state index contributed by atoms with van der Waals surface area (Å²) in [4.78, 5) is 17.4. The van der Waals surface area contributed by atoms with Crippen molar-refractivity contribution in [2.75, 3.05) is 6.61 Å². The molecule has 1 fully saturated rings. The molecule has 1 aliphatic heterocycles. The highest BCUT2D eigenvalue weighted by Gasteiger charge is 2.24. The van der Waals surface area contributed by atoms with Gasteiger partial charge in [-0.15, -0.1) is 0 Å². The Bertz CT molecular complexity index is 1230. The van der Waals surface area contributed by atoms with Crippen LogP contribution in [0.4, 0.5) is 5.69 Å². The van der Waals surface area contributed by atoms with Gasteiger partial charge >= 0.3 is 0 Å². The number of halogens is 2. The summed E-state index contributed by atoms with van der Waals surface area (Å²) in [5.74, 6) is 1.01. The predicted octanol–water partition coefficient (Wildman–Crippen LogP) is 6.86. The molecule has 5 nitrogen and oxygen atoms in total. The Kier molecular flexibility index (Phi) is 7.60. The van der Waals surface area contributed by atoms with Gasteiger partial charge in [0.05, 0.1) is 22.2 Å². The quantitative estimate of drug-likeness (QED) is 0.361. The van der Waals surface area contributed by atoms with Crippen LogP contribution in [0.1, 0.15) is 18.1 Å². The standard InChI is InChI=1S/C25H20Cl2N2O3S/c1-2-31-22-13-17(9-12-21(22)32-15-16-7-10-18(26)11-8-16)14-23-24(30)29-25(33-23)28-20-6-4-3-5-19(20)27/h3-14H,2,15H2,1H3,(H,28,29,30). The summed E-state index contributed by atoms with van der Waals surface area (Å²) in [6.45, 7) is 2.78. The van der Waals surface area contributed by atoms with E-state index in [1.54, 1.807) is 18.2 Å². The molecular weight excluding hydrogens is 479 g/mol. The molecule has 3 aromatic rings. The van der Waals surface area contributed by atoms with Crippen LogP contribution in [0, 0.1) is 0 Å². The van der Waals surface area contributed by atoms with Crippen molar-refractivity contribution in [1.29, 1.82) is 0 Å². The number of amides is 1. The van der Waals surface area contributed by atoms with Crippen molar-refractivity contribution in [3.63, 3.8) is 0 Å². The van der Waals surface area contributed by atoms with Gasteiger partial charge in [-0.1, -0.05) is 53.5 Å². The molecule has 0 spiro atoms. The molecule has 4 rings (SSSR count). The van der Waals surface area contributed by atoms with Gasteiger partial charge < -0.3 is 14.8 Å². The van der Waals surface area contributed by atoms with Crippen molar-refractivity contribution >= 4 is 57.8 Å². The lowest BCUT2D eigenvalue weighted by Crippen LogP contribution is -2.19. The number of rotatable bonds is 7. The molecule has 0 aliphatic carbocycles. The average molecular weight is 499 g/mol. The van der Waals surface area contributed by atoms with Crippen LogP contribution in [0.5, 0.6) is 11.5 Å². The highest BCUT2D eigenvalue weighted by molar-refractivity contribution is 8.18. The lowest BCUT2D eigenvalue weighted by molar-refractivity contribution is -0.115. The van der Waals surface area contributed by atoms with Crippen LogP contribution in [0.15, 0.2) is 76.6 Å². The molecule has 0 atom stereocenters. The Morgan fingerprint density at radius 2 is 1.79 bits per heavy atom. The zero-order valence-electron chi connectivity index (χ0n) is 17.7. The molecule has 8 heteroatoms. The maximum Gasteiger partial charge on any atom is 0.264 e. The number of amidine groups is 1. The van der Waals surface area contributed by atoms with Gasteiger partial charge in [-0.25, -0.2) is 4.99 Å². The molecule has 0 radical (unpaired) electrons. The number of carbonyl (C=O) groups is 1. The van der Waals surface area contributed by atoms with Gasteiger partial charge in [0.2, 0.25) is 0 Å². The van der Waals surface area contributed by atoms with E-state index in [-0.39, 0.29) is 5.91 Å². The number of ether oxygens (including phenoxy) is 2. The maximum atomic E-state index is 12.4. The van der Waals surface area contributed by atoms with E-state index < -0.39 is 0 Å². The van der Waals surface area contributed by atoms with Gasteiger partial charge in [-0.05, 0) is 72.3 Å². The molecule has 0 aromatic heterocycles. The van der Waals surface area contributed by atoms with Crippen molar-refractivity contribution < 1.29 is 14.3 Å². The van der Waals surface area contributed by atoms with Crippen LogP contribution >= 0.6 is 35.0 Å². The van der Waals surface area contributed by atoms with E-state index >= 15 is 0 Å². The number of nitrogens with zero attached hydrogens (tertiary/aromatic N) is 1. The molecule has 1 N–H and O–H groups in total. The second kappa shape index (κ2) is 10.8. The molecule has 0 saturated carbocycles. The fourth-order valence-corrected chi connectivity index (χ4v) is 4.17. The van der Waals surface area contributed by atoms with Crippen molar-refractivity contribution in [2.45, 2.75) is 13.5 Å². The van der Waals surface area contributed by atoms with Crippen molar-refractivity contribution in [2.24, 2.45) is 4.99 Å². The van der Waals surface area contributed by atoms with Crippen LogP contribution in [0.25, 0.3) is 6.08 Å². The molecule has 1 aliphatic rings. The third-order valence-electron chi connectivity index (χ3n) is 4.60. The van der Waals surface area contributed by atoms with Gasteiger partial charge in [-0.3, -0.25) is 4.79 Å². The minimum Gasteiger partial charge on any atom is -0.490 e. The van der Waals surface area contributed by atoms with E-state index in [4.69, 9.17) is 32.7 Å². The smallest absolute Gasteiger partial charge is 0.264 e. The normalized spacial score (nSPS) is 15.7. The zero-order valence-corrected chi connectivity index (χ0v) is 20.0. The highest BCUT2D eigenvalue weighted by Crippen LogP contribution is 2.34. The molecule has 0 bridgehead atoms. The lowest BCUT2D eigenvalue weighted by Gasteiger charge is -2.13. The number of aliphatic imine (C=N–C) groups is 1. The van der Waals surface area contributed by atoms with Gasteiger partial charge in [0, 0.05) is 5.02 Å². The van der Waals surface area contributed by atoms with Gasteiger partial charge in [0.1, 0.15) is 6.61 Å². The zero-order chi connectivity index (χ0) is 23.2. The van der Waals surface area contributed by atoms with Crippen molar-refractivity contribution in [1.82, 2.24) is 5.32 Å². The molecule has 168 valence electrons. The summed E-state index contributed by atoms with van der Waals surface area (Å²) < 4.78 is 11.7. The summed E-state index contributed by atoms with van der Waals surface area (Å²) in [5.41, 5.74) is 2.41. The van der Waals surface area contributed by atoms with E-state index in [0.29, 0.717) is 50.5 Å². The SMILES string of the molecule is CCOc1cc(C=C2SC(=Nc3ccccc3Cl)NC2=O)ccc1OCc1ccc(Cl)cc1. The van der Waals surface area contributed by atoms with Gasteiger partial charge in [0.15, 0.2) is 16.7 Å². The third-order valence-corrected chi connectivity index (χ3v) is 6.08.